The molecule has 7 heteroatoms. The molecule has 0 atom stereocenters. The molecule has 1 N–H and O–H groups in total. The van der Waals surface area contributed by atoms with Gasteiger partial charge in [0.1, 0.15) is 0 Å². The maximum absolute atomic E-state index is 11.6. The van der Waals surface area contributed by atoms with Crippen molar-refractivity contribution in [2.24, 2.45) is 12.0 Å². The molecular weight excluding hydrogens is 292 g/mol. The van der Waals surface area contributed by atoms with Gasteiger partial charge in [-0.2, -0.15) is 5.10 Å². The Hall–Kier alpha value is -2.05. The second kappa shape index (κ2) is 8.55. The molecule has 1 heterocycles. The largest absolute Gasteiger partial charge is 0.356 e. The van der Waals surface area contributed by atoms with E-state index in [0.29, 0.717) is 18.9 Å². The molecule has 130 valence electrons. The van der Waals surface area contributed by atoms with Gasteiger partial charge in [0.25, 0.3) is 0 Å². The molecule has 0 spiro atoms. The molecule has 1 aromatic rings. The smallest absolute Gasteiger partial charge is 0.223 e. The van der Waals surface area contributed by atoms with Crippen molar-refractivity contribution in [1.29, 1.82) is 0 Å². The zero-order valence-electron chi connectivity index (χ0n) is 15.4. The van der Waals surface area contributed by atoms with Crippen molar-refractivity contribution in [3.8, 4) is 0 Å². The third kappa shape index (κ3) is 5.58. The maximum atomic E-state index is 11.6. The molecular formula is C16H30N6O. The van der Waals surface area contributed by atoms with Crippen LogP contribution in [-0.4, -0.2) is 66.2 Å². The van der Waals surface area contributed by atoms with E-state index in [2.05, 4.69) is 35.5 Å². The van der Waals surface area contributed by atoms with Gasteiger partial charge in [0.15, 0.2) is 5.96 Å². The molecule has 1 rings (SSSR count). The van der Waals surface area contributed by atoms with E-state index in [-0.39, 0.29) is 5.91 Å². The first kappa shape index (κ1) is 19.0. The van der Waals surface area contributed by atoms with Gasteiger partial charge >= 0.3 is 0 Å². The molecule has 1 amide bonds. The van der Waals surface area contributed by atoms with Crippen LogP contribution in [0.2, 0.25) is 0 Å². The molecule has 1 aromatic heterocycles. The molecule has 0 unspecified atom stereocenters. The summed E-state index contributed by atoms with van der Waals surface area (Å²) >= 11 is 0. The van der Waals surface area contributed by atoms with E-state index in [1.165, 1.54) is 5.56 Å². The summed E-state index contributed by atoms with van der Waals surface area (Å²) in [4.78, 5) is 19.5. The van der Waals surface area contributed by atoms with E-state index in [1.807, 2.05) is 23.7 Å². The van der Waals surface area contributed by atoms with Crippen LogP contribution in [-0.2, 0) is 18.4 Å². The Bertz CT molecular complexity index is 547. The predicted octanol–water partition coefficient (Wildman–Crippen LogP) is 1.03. The van der Waals surface area contributed by atoms with Gasteiger partial charge in [-0.1, -0.05) is 13.8 Å². The lowest BCUT2D eigenvalue weighted by molar-refractivity contribution is -0.128. The first-order valence-electron chi connectivity index (χ1n) is 7.90. The molecule has 0 aromatic carbocycles. The number of nitrogens with zero attached hydrogens (tertiary/aromatic N) is 5. The van der Waals surface area contributed by atoms with Crippen LogP contribution in [0, 0.1) is 0 Å². The molecule has 0 fully saturated rings. The van der Waals surface area contributed by atoms with Gasteiger partial charge < -0.3 is 15.1 Å². The number of aromatic nitrogens is 2. The Kier molecular flexibility index (Phi) is 7.06. The number of aliphatic imine (C=N–C) groups is 1. The summed E-state index contributed by atoms with van der Waals surface area (Å²) < 4.78 is 1.85. The summed E-state index contributed by atoms with van der Waals surface area (Å²) in [6, 6.07) is 0. The molecule has 0 aliphatic heterocycles. The van der Waals surface area contributed by atoms with Crippen LogP contribution in [0.1, 0.15) is 37.4 Å². The van der Waals surface area contributed by atoms with Gasteiger partial charge in [-0.25, -0.2) is 0 Å². The van der Waals surface area contributed by atoms with Crippen molar-refractivity contribution in [1.82, 2.24) is 24.9 Å². The van der Waals surface area contributed by atoms with E-state index in [4.69, 9.17) is 0 Å². The fraction of sp³-hybridized carbons (Fsp3) is 0.688. The van der Waals surface area contributed by atoms with Crippen molar-refractivity contribution in [2.75, 3.05) is 34.7 Å². The van der Waals surface area contributed by atoms with Crippen LogP contribution in [0.25, 0.3) is 0 Å². The predicted molar refractivity (Wildman–Crippen MR) is 93.4 cm³/mol. The monoisotopic (exact) mass is 322 g/mol. The van der Waals surface area contributed by atoms with Gasteiger partial charge in [-0.3, -0.25) is 14.5 Å². The fourth-order valence-corrected chi connectivity index (χ4v) is 2.38. The topological polar surface area (TPSA) is 65.8 Å². The van der Waals surface area contributed by atoms with Crippen molar-refractivity contribution in [3.63, 3.8) is 0 Å². The Morgan fingerprint density at radius 2 is 2.04 bits per heavy atom. The number of carbonyl (C=O) groups excluding carboxylic acids is 1. The van der Waals surface area contributed by atoms with E-state index in [9.17, 15) is 4.79 Å². The number of guanidine groups is 1. The lowest BCUT2D eigenvalue weighted by Crippen LogP contribution is -2.40. The lowest BCUT2D eigenvalue weighted by atomic mass is 10.1. The Morgan fingerprint density at radius 1 is 1.39 bits per heavy atom. The highest BCUT2D eigenvalue weighted by Gasteiger charge is 2.15. The maximum Gasteiger partial charge on any atom is 0.223 e. The summed E-state index contributed by atoms with van der Waals surface area (Å²) in [6.07, 6.45) is 2.50. The average molecular weight is 322 g/mol. The minimum atomic E-state index is 0.102. The van der Waals surface area contributed by atoms with Gasteiger partial charge in [0, 0.05) is 66.5 Å². The summed E-state index contributed by atoms with van der Waals surface area (Å²) in [7, 11) is 9.20. The van der Waals surface area contributed by atoms with Crippen LogP contribution in [0.15, 0.2) is 11.2 Å². The molecule has 0 aliphatic carbocycles. The van der Waals surface area contributed by atoms with Gasteiger partial charge in [0.05, 0.1) is 5.69 Å². The quantitative estimate of drug-likeness (QED) is 0.627. The van der Waals surface area contributed by atoms with Crippen molar-refractivity contribution >= 4 is 11.9 Å². The Morgan fingerprint density at radius 3 is 2.57 bits per heavy atom. The van der Waals surface area contributed by atoms with E-state index < -0.39 is 0 Å². The molecule has 0 aliphatic rings. The molecule has 0 bridgehead atoms. The molecule has 0 saturated heterocycles. The summed E-state index contributed by atoms with van der Waals surface area (Å²) in [5, 5.41) is 7.76. The molecule has 0 saturated carbocycles. The molecule has 23 heavy (non-hydrogen) atoms. The van der Waals surface area contributed by atoms with Crippen LogP contribution < -0.4 is 5.32 Å². The average Bonchev–Trinajstić information content (AvgIpc) is 2.83. The highest BCUT2D eigenvalue weighted by Crippen LogP contribution is 2.18. The number of rotatable bonds is 6. The van der Waals surface area contributed by atoms with Gasteiger partial charge in [0.2, 0.25) is 5.91 Å². The summed E-state index contributed by atoms with van der Waals surface area (Å²) in [6.45, 7) is 5.58. The third-order valence-electron chi connectivity index (χ3n) is 3.59. The highest BCUT2D eigenvalue weighted by molar-refractivity contribution is 5.81. The van der Waals surface area contributed by atoms with Gasteiger partial charge in [-0.05, 0) is 5.92 Å². The van der Waals surface area contributed by atoms with Crippen LogP contribution in [0.5, 0.6) is 0 Å². The highest BCUT2D eigenvalue weighted by atomic mass is 16.2. The van der Waals surface area contributed by atoms with E-state index in [0.717, 1.165) is 18.2 Å². The SMILES string of the molecule is CN=C(NCCC(=O)N(C)C)N(C)Cc1cn(C)nc1C(C)C. The number of hydrogen-bond donors (Lipinski definition) is 1. The number of hydrogen-bond acceptors (Lipinski definition) is 3. The van der Waals surface area contributed by atoms with E-state index in [1.54, 1.807) is 26.0 Å². The minimum Gasteiger partial charge on any atom is -0.356 e. The third-order valence-corrected chi connectivity index (χ3v) is 3.59. The fourth-order valence-electron chi connectivity index (χ4n) is 2.38. The Labute approximate surface area is 139 Å². The summed E-state index contributed by atoms with van der Waals surface area (Å²) in [5.41, 5.74) is 2.30. The first-order chi connectivity index (χ1) is 10.8. The standard InChI is InChI=1S/C16H30N6O/c1-12(2)15-13(11-22(7)19-15)10-21(6)16(17-3)18-9-8-14(23)20(4)5/h11-12H,8-10H2,1-7H3,(H,17,18). The number of nitrogens with one attached hydrogen (secondary N) is 1. The zero-order chi connectivity index (χ0) is 17.6. The second-order valence-corrected chi connectivity index (χ2v) is 6.24. The lowest BCUT2D eigenvalue weighted by Gasteiger charge is -2.22. The van der Waals surface area contributed by atoms with Crippen LogP contribution >= 0.6 is 0 Å². The zero-order valence-corrected chi connectivity index (χ0v) is 15.4. The van der Waals surface area contributed by atoms with Crippen molar-refractivity contribution < 1.29 is 4.79 Å². The van der Waals surface area contributed by atoms with Crippen LogP contribution in [0.3, 0.4) is 0 Å². The van der Waals surface area contributed by atoms with E-state index >= 15 is 0 Å². The minimum absolute atomic E-state index is 0.102. The van der Waals surface area contributed by atoms with Crippen LogP contribution in [0.4, 0.5) is 0 Å². The Balaban J connectivity index is 2.64. The first-order valence-corrected chi connectivity index (χ1v) is 7.90. The second-order valence-electron chi connectivity index (χ2n) is 6.24. The number of amides is 1. The molecule has 0 radical (unpaired) electrons. The molecule has 7 nitrogen and oxygen atoms in total. The van der Waals surface area contributed by atoms with Gasteiger partial charge in [-0.15, -0.1) is 0 Å². The number of carbonyl (C=O) groups is 1. The normalized spacial score (nSPS) is 11.7. The summed E-state index contributed by atoms with van der Waals surface area (Å²) in [5.74, 6) is 1.26. The van der Waals surface area contributed by atoms with Crippen molar-refractivity contribution in [2.45, 2.75) is 32.7 Å². The van der Waals surface area contributed by atoms with Crippen molar-refractivity contribution in [3.05, 3.63) is 17.5 Å². The number of aryl methyl sites for hydroxylation is 1.